The standard InChI is InChI=1S/C16H30N2/c1-12-5-3-4-6-15(12)18(2)16(11-17)10-13-7-8-14(16)9-13/h12-15H,3-11,17H2,1-2H3. The highest BCUT2D eigenvalue weighted by atomic mass is 15.2. The molecule has 3 fully saturated rings. The minimum absolute atomic E-state index is 0.360. The molecule has 0 amide bonds. The fourth-order valence-corrected chi connectivity index (χ4v) is 5.44. The molecule has 3 aliphatic rings. The molecule has 0 saturated heterocycles. The van der Waals surface area contributed by atoms with Gasteiger partial charge in [-0.15, -0.1) is 0 Å². The molecule has 0 heterocycles. The molecule has 104 valence electrons. The lowest BCUT2D eigenvalue weighted by Crippen LogP contribution is -2.60. The molecule has 5 atom stereocenters. The minimum Gasteiger partial charge on any atom is -0.329 e. The quantitative estimate of drug-likeness (QED) is 0.834. The van der Waals surface area contributed by atoms with E-state index in [9.17, 15) is 0 Å². The average molecular weight is 250 g/mol. The first-order valence-corrected chi connectivity index (χ1v) is 8.10. The van der Waals surface area contributed by atoms with Gasteiger partial charge in [-0.1, -0.05) is 26.2 Å². The van der Waals surface area contributed by atoms with Gasteiger partial charge in [0, 0.05) is 18.1 Å². The van der Waals surface area contributed by atoms with Gasteiger partial charge in [-0.05, 0) is 56.9 Å². The topological polar surface area (TPSA) is 29.3 Å². The Morgan fingerprint density at radius 3 is 2.50 bits per heavy atom. The second kappa shape index (κ2) is 4.79. The molecule has 0 radical (unpaired) electrons. The predicted molar refractivity (Wildman–Crippen MR) is 76.4 cm³/mol. The van der Waals surface area contributed by atoms with E-state index in [0.717, 1.165) is 30.3 Å². The highest BCUT2D eigenvalue weighted by Gasteiger charge is 2.53. The molecular weight excluding hydrogens is 220 g/mol. The first-order chi connectivity index (χ1) is 8.67. The summed E-state index contributed by atoms with van der Waals surface area (Å²) in [5.74, 6) is 2.75. The van der Waals surface area contributed by atoms with Gasteiger partial charge in [0.05, 0.1) is 0 Å². The molecule has 0 aromatic heterocycles. The summed E-state index contributed by atoms with van der Waals surface area (Å²) in [5.41, 5.74) is 6.63. The molecule has 5 unspecified atom stereocenters. The van der Waals surface area contributed by atoms with Crippen molar-refractivity contribution in [2.45, 2.75) is 69.9 Å². The van der Waals surface area contributed by atoms with Gasteiger partial charge in [0.25, 0.3) is 0 Å². The Bertz CT molecular complexity index is 303. The molecule has 0 aromatic rings. The summed E-state index contributed by atoms with van der Waals surface area (Å²) < 4.78 is 0. The maximum atomic E-state index is 6.27. The third-order valence-corrected chi connectivity index (χ3v) is 6.56. The summed E-state index contributed by atoms with van der Waals surface area (Å²) in [6.45, 7) is 3.34. The Balaban J connectivity index is 1.79. The third kappa shape index (κ3) is 1.84. The third-order valence-electron chi connectivity index (χ3n) is 6.56. The Kier molecular flexibility index (Phi) is 3.44. The van der Waals surface area contributed by atoms with E-state index in [4.69, 9.17) is 5.73 Å². The molecule has 2 heteroatoms. The van der Waals surface area contributed by atoms with Crippen LogP contribution in [0.1, 0.15) is 58.3 Å². The fourth-order valence-electron chi connectivity index (χ4n) is 5.44. The van der Waals surface area contributed by atoms with Crippen molar-refractivity contribution >= 4 is 0 Å². The van der Waals surface area contributed by atoms with Gasteiger partial charge in [-0.3, -0.25) is 4.90 Å². The number of hydrogen-bond donors (Lipinski definition) is 1. The molecule has 3 aliphatic carbocycles. The van der Waals surface area contributed by atoms with Gasteiger partial charge in [0.1, 0.15) is 0 Å². The fraction of sp³-hybridized carbons (Fsp3) is 1.00. The summed E-state index contributed by atoms with van der Waals surface area (Å²) >= 11 is 0. The minimum atomic E-state index is 0.360. The lowest BCUT2D eigenvalue weighted by atomic mass is 9.76. The number of hydrogen-bond acceptors (Lipinski definition) is 2. The molecule has 2 bridgehead atoms. The summed E-state index contributed by atoms with van der Waals surface area (Å²) in [6, 6.07) is 0.793. The van der Waals surface area contributed by atoms with E-state index >= 15 is 0 Å². The first-order valence-electron chi connectivity index (χ1n) is 8.10. The summed E-state index contributed by atoms with van der Waals surface area (Å²) in [4.78, 5) is 2.75. The second-order valence-corrected chi connectivity index (χ2v) is 7.33. The Morgan fingerprint density at radius 2 is 1.94 bits per heavy atom. The van der Waals surface area contributed by atoms with Crippen molar-refractivity contribution in [2.75, 3.05) is 13.6 Å². The van der Waals surface area contributed by atoms with Crippen LogP contribution in [-0.2, 0) is 0 Å². The number of nitrogens with two attached hydrogens (primary N) is 1. The summed E-state index contributed by atoms with van der Waals surface area (Å²) in [5, 5.41) is 0. The van der Waals surface area contributed by atoms with Crippen LogP contribution in [0.3, 0.4) is 0 Å². The summed E-state index contributed by atoms with van der Waals surface area (Å²) in [6.07, 6.45) is 11.4. The zero-order chi connectivity index (χ0) is 12.8. The predicted octanol–water partition coefficient (Wildman–Crippen LogP) is 3.01. The monoisotopic (exact) mass is 250 g/mol. The van der Waals surface area contributed by atoms with Crippen molar-refractivity contribution in [2.24, 2.45) is 23.5 Å². The van der Waals surface area contributed by atoms with Crippen molar-refractivity contribution in [3.8, 4) is 0 Å². The Morgan fingerprint density at radius 1 is 1.17 bits per heavy atom. The van der Waals surface area contributed by atoms with Crippen LogP contribution in [-0.4, -0.2) is 30.1 Å². The van der Waals surface area contributed by atoms with Gasteiger partial charge < -0.3 is 5.73 Å². The van der Waals surface area contributed by atoms with E-state index in [1.165, 1.54) is 51.4 Å². The zero-order valence-electron chi connectivity index (χ0n) is 12.2. The van der Waals surface area contributed by atoms with E-state index in [-0.39, 0.29) is 0 Å². The molecule has 2 N–H and O–H groups in total. The highest BCUT2D eigenvalue weighted by molar-refractivity contribution is 5.09. The zero-order valence-corrected chi connectivity index (χ0v) is 12.2. The maximum absolute atomic E-state index is 6.27. The Labute approximate surface area is 112 Å². The molecule has 18 heavy (non-hydrogen) atoms. The SMILES string of the molecule is CC1CCCCC1N(C)C1(CN)CC2CCC1C2. The van der Waals surface area contributed by atoms with Crippen LogP contribution in [0.4, 0.5) is 0 Å². The van der Waals surface area contributed by atoms with Crippen molar-refractivity contribution in [3.63, 3.8) is 0 Å². The molecule has 2 nitrogen and oxygen atoms in total. The van der Waals surface area contributed by atoms with E-state index in [1.807, 2.05) is 0 Å². The van der Waals surface area contributed by atoms with Crippen LogP contribution in [0.15, 0.2) is 0 Å². The van der Waals surface area contributed by atoms with Crippen molar-refractivity contribution < 1.29 is 0 Å². The molecule has 3 rings (SSSR count). The van der Waals surface area contributed by atoms with Gasteiger partial charge in [-0.25, -0.2) is 0 Å². The number of rotatable bonds is 3. The molecule has 0 aromatic carbocycles. The highest BCUT2D eigenvalue weighted by Crippen LogP contribution is 2.54. The van der Waals surface area contributed by atoms with Crippen molar-refractivity contribution in [3.05, 3.63) is 0 Å². The Hall–Kier alpha value is -0.0800. The van der Waals surface area contributed by atoms with Crippen LogP contribution in [0, 0.1) is 17.8 Å². The lowest BCUT2D eigenvalue weighted by molar-refractivity contribution is -0.00403. The average Bonchev–Trinajstić information content (AvgIpc) is 2.99. The van der Waals surface area contributed by atoms with Crippen LogP contribution >= 0.6 is 0 Å². The van der Waals surface area contributed by atoms with E-state index in [2.05, 4.69) is 18.9 Å². The van der Waals surface area contributed by atoms with Crippen LogP contribution in [0.25, 0.3) is 0 Å². The van der Waals surface area contributed by atoms with Crippen molar-refractivity contribution in [1.82, 2.24) is 4.90 Å². The lowest BCUT2D eigenvalue weighted by Gasteiger charge is -2.51. The van der Waals surface area contributed by atoms with Crippen LogP contribution in [0.5, 0.6) is 0 Å². The van der Waals surface area contributed by atoms with E-state index in [1.54, 1.807) is 0 Å². The largest absolute Gasteiger partial charge is 0.329 e. The van der Waals surface area contributed by atoms with Gasteiger partial charge in [0.2, 0.25) is 0 Å². The molecule has 3 saturated carbocycles. The van der Waals surface area contributed by atoms with E-state index < -0.39 is 0 Å². The van der Waals surface area contributed by atoms with Crippen molar-refractivity contribution in [1.29, 1.82) is 0 Å². The second-order valence-electron chi connectivity index (χ2n) is 7.33. The van der Waals surface area contributed by atoms with Crippen LogP contribution in [0.2, 0.25) is 0 Å². The number of nitrogens with zero attached hydrogens (tertiary/aromatic N) is 1. The van der Waals surface area contributed by atoms with Gasteiger partial charge in [0.15, 0.2) is 0 Å². The van der Waals surface area contributed by atoms with Gasteiger partial charge >= 0.3 is 0 Å². The van der Waals surface area contributed by atoms with Gasteiger partial charge in [-0.2, -0.15) is 0 Å². The summed E-state index contributed by atoms with van der Waals surface area (Å²) in [7, 11) is 2.39. The number of fused-ring (bicyclic) bond motifs is 2. The maximum Gasteiger partial charge on any atom is 0.0362 e. The molecule has 0 spiro atoms. The van der Waals surface area contributed by atoms with E-state index in [0.29, 0.717) is 5.54 Å². The normalized spacial score (nSPS) is 48.0. The number of likely N-dealkylation sites (N-methyl/N-ethyl adjacent to an activating group) is 1. The molecule has 0 aliphatic heterocycles. The van der Waals surface area contributed by atoms with Crippen LogP contribution < -0.4 is 5.73 Å². The molecular formula is C16H30N2. The smallest absolute Gasteiger partial charge is 0.0362 e. The first kappa shape index (κ1) is 12.9.